The third-order valence-corrected chi connectivity index (χ3v) is 4.66. The second-order valence-corrected chi connectivity index (χ2v) is 5.87. The van der Waals surface area contributed by atoms with Gasteiger partial charge in [0.15, 0.2) is 0 Å². The number of nitro benzene ring substituents is 1. The molecule has 1 heterocycles. The zero-order valence-corrected chi connectivity index (χ0v) is 14.4. The standard InChI is InChI=1S/C18H24N2O3/c1-6-23-11-19-14(4)12(2)18(13(3)15(19)5)16-8-7-9-17(10-16)20(21)22/h7-10,18H,6,11H2,1-5H3. The molecule has 0 spiro atoms. The number of allylic oxidation sites excluding steroid dienone is 4. The first-order valence-corrected chi connectivity index (χ1v) is 7.82. The van der Waals surface area contributed by atoms with Gasteiger partial charge in [0.05, 0.1) is 4.92 Å². The highest BCUT2D eigenvalue weighted by atomic mass is 16.6. The predicted octanol–water partition coefficient (Wildman–Crippen LogP) is 4.58. The van der Waals surface area contributed by atoms with Crippen LogP contribution in [0.2, 0.25) is 0 Å². The summed E-state index contributed by atoms with van der Waals surface area (Å²) in [5, 5.41) is 11.1. The molecule has 1 aromatic rings. The van der Waals surface area contributed by atoms with Gasteiger partial charge in [0.25, 0.3) is 5.69 Å². The van der Waals surface area contributed by atoms with Crippen LogP contribution in [0.3, 0.4) is 0 Å². The summed E-state index contributed by atoms with van der Waals surface area (Å²) in [7, 11) is 0. The summed E-state index contributed by atoms with van der Waals surface area (Å²) in [5.74, 6) is 0.0766. The van der Waals surface area contributed by atoms with Crippen LogP contribution in [-0.2, 0) is 4.74 Å². The molecule has 0 aliphatic carbocycles. The van der Waals surface area contributed by atoms with Gasteiger partial charge < -0.3 is 9.64 Å². The van der Waals surface area contributed by atoms with Crippen LogP contribution in [0.1, 0.15) is 46.1 Å². The molecule has 1 aromatic carbocycles. The minimum Gasteiger partial charge on any atom is -0.361 e. The van der Waals surface area contributed by atoms with Crippen LogP contribution >= 0.6 is 0 Å². The van der Waals surface area contributed by atoms with E-state index in [2.05, 4.69) is 32.6 Å². The first kappa shape index (κ1) is 17.2. The van der Waals surface area contributed by atoms with Crippen molar-refractivity contribution in [2.45, 2.75) is 40.5 Å². The molecule has 0 saturated heterocycles. The van der Waals surface area contributed by atoms with Crippen molar-refractivity contribution in [1.82, 2.24) is 4.90 Å². The largest absolute Gasteiger partial charge is 0.361 e. The van der Waals surface area contributed by atoms with Gasteiger partial charge in [-0.2, -0.15) is 0 Å². The summed E-state index contributed by atoms with van der Waals surface area (Å²) in [5.41, 5.74) is 5.80. The lowest BCUT2D eigenvalue weighted by molar-refractivity contribution is -0.384. The molecule has 124 valence electrons. The van der Waals surface area contributed by atoms with Crippen LogP contribution < -0.4 is 0 Å². The zero-order valence-electron chi connectivity index (χ0n) is 14.4. The Bertz CT molecular complexity index is 651. The molecule has 0 aromatic heterocycles. The van der Waals surface area contributed by atoms with E-state index < -0.39 is 0 Å². The van der Waals surface area contributed by atoms with Crippen molar-refractivity contribution in [2.75, 3.05) is 13.3 Å². The van der Waals surface area contributed by atoms with E-state index in [9.17, 15) is 10.1 Å². The molecular formula is C18H24N2O3. The maximum Gasteiger partial charge on any atom is 0.269 e. The Morgan fingerprint density at radius 3 is 2.30 bits per heavy atom. The zero-order chi connectivity index (χ0) is 17.1. The molecule has 0 fully saturated rings. The highest BCUT2D eigenvalue weighted by Crippen LogP contribution is 2.41. The molecule has 0 atom stereocenters. The second-order valence-electron chi connectivity index (χ2n) is 5.87. The van der Waals surface area contributed by atoms with Gasteiger partial charge in [0.1, 0.15) is 6.73 Å². The first-order chi connectivity index (χ1) is 10.9. The lowest BCUT2D eigenvalue weighted by atomic mass is 9.81. The predicted molar refractivity (Wildman–Crippen MR) is 90.9 cm³/mol. The van der Waals surface area contributed by atoms with Gasteiger partial charge in [0, 0.05) is 36.1 Å². The molecule has 0 N–H and O–H groups in total. The van der Waals surface area contributed by atoms with Crippen molar-refractivity contribution in [3.63, 3.8) is 0 Å². The highest BCUT2D eigenvalue weighted by molar-refractivity contribution is 5.47. The van der Waals surface area contributed by atoms with Crippen molar-refractivity contribution in [3.8, 4) is 0 Å². The minimum absolute atomic E-state index is 0.0766. The second kappa shape index (κ2) is 6.96. The number of ether oxygens (including phenoxy) is 1. The van der Waals surface area contributed by atoms with Gasteiger partial charge in [-0.15, -0.1) is 0 Å². The molecule has 2 rings (SSSR count). The number of non-ortho nitro benzene ring substituents is 1. The molecule has 5 heteroatoms. The van der Waals surface area contributed by atoms with E-state index >= 15 is 0 Å². The molecule has 0 saturated carbocycles. The van der Waals surface area contributed by atoms with Crippen molar-refractivity contribution in [3.05, 3.63) is 62.5 Å². The fourth-order valence-corrected chi connectivity index (χ4v) is 3.11. The Balaban J connectivity index is 2.46. The number of nitrogens with zero attached hydrogens (tertiary/aromatic N) is 2. The summed E-state index contributed by atoms with van der Waals surface area (Å²) < 4.78 is 5.57. The Morgan fingerprint density at radius 2 is 1.78 bits per heavy atom. The maximum absolute atomic E-state index is 11.1. The quantitative estimate of drug-likeness (QED) is 0.589. The molecule has 1 aliphatic rings. The number of rotatable bonds is 5. The van der Waals surface area contributed by atoms with E-state index in [0.717, 1.165) is 17.0 Å². The average Bonchev–Trinajstić information content (AvgIpc) is 2.53. The van der Waals surface area contributed by atoms with Gasteiger partial charge >= 0.3 is 0 Å². The third-order valence-electron chi connectivity index (χ3n) is 4.66. The normalized spacial score (nSPS) is 16.3. The lowest BCUT2D eigenvalue weighted by Crippen LogP contribution is -2.30. The molecule has 0 bridgehead atoms. The molecular weight excluding hydrogens is 292 g/mol. The van der Waals surface area contributed by atoms with Crippen LogP contribution in [0.25, 0.3) is 0 Å². The maximum atomic E-state index is 11.1. The minimum atomic E-state index is -0.342. The third kappa shape index (κ3) is 3.29. The van der Waals surface area contributed by atoms with Gasteiger partial charge in [-0.1, -0.05) is 12.1 Å². The van der Waals surface area contributed by atoms with Crippen molar-refractivity contribution in [2.24, 2.45) is 0 Å². The fourth-order valence-electron chi connectivity index (χ4n) is 3.11. The molecule has 0 amide bonds. The van der Waals surface area contributed by atoms with Crippen molar-refractivity contribution in [1.29, 1.82) is 0 Å². The van der Waals surface area contributed by atoms with Crippen LogP contribution in [0.5, 0.6) is 0 Å². The van der Waals surface area contributed by atoms with Crippen LogP contribution in [-0.4, -0.2) is 23.2 Å². The highest BCUT2D eigenvalue weighted by Gasteiger charge is 2.28. The summed E-state index contributed by atoms with van der Waals surface area (Å²) in [6, 6.07) is 6.93. The van der Waals surface area contributed by atoms with E-state index in [1.54, 1.807) is 12.1 Å². The Labute approximate surface area is 137 Å². The molecule has 0 radical (unpaired) electrons. The van der Waals surface area contributed by atoms with Gasteiger partial charge in [-0.05, 0) is 51.3 Å². The first-order valence-electron chi connectivity index (χ1n) is 7.82. The topological polar surface area (TPSA) is 55.6 Å². The smallest absolute Gasteiger partial charge is 0.269 e. The van der Waals surface area contributed by atoms with E-state index in [1.807, 2.05) is 13.0 Å². The number of hydrogen-bond acceptors (Lipinski definition) is 4. The number of hydrogen-bond donors (Lipinski definition) is 0. The molecule has 5 nitrogen and oxygen atoms in total. The Hall–Kier alpha value is -2.14. The number of nitro groups is 1. The lowest BCUT2D eigenvalue weighted by Gasteiger charge is -2.37. The molecule has 1 aliphatic heterocycles. The average molecular weight is 316 g/mol. The van der Waals surface area contributed by atoms with E-state index in [0.29, 0.717) is 13.3 Å². The van der Waals surface area contributed by atoms with Crippen LogP contribution in [0.15, 0.2) is 46.8 Å². The van der Waals surface area contributed by atoms with Crippen molar-refractivity contribution >= 4 is 5.69 Å². The number of benzene rings is 1. The van der Waals surface area contributed by atoms with Crippen molar-refractivity contribution < 1.29 is 9.66 Å². The molecule has 0 unspecified atom stereocenters. The van der Waals surface area contributed by atoms with Crippen LogP contribution in [0.4, 0.5) is 5.69 Å². The molecule has 23 heavy (non-hydrogen) atoms. The van der Waals surface area contributed by atoms with Gasteiger partial charge in [-0.25, -0.2) is 0 Å². The van der Waals surface area contributed by atoms with Crippen LogP contribution in [0, 0.1) is 10.1 Å². The summed E-state index contributed by atoms with van der Waals surface area (Å²) in [4.78, 5) is 12.9. The van der Waals surface area contributed by atoms with E-state index in [-0.39, 0.29) is 16.5 Å². The summed E-state index contributed by atoms with van der Waals surface area (Å²) in [6.45, 7) is 11.5. The van der Waals surface area contributed by atoms with E-state index in [4.69, 9.17) is 4.74 Å². The van der Waals surface area contributed by atoms with E-state index in [1.165, 1.54) is 17.2 Å². The monoisotopic (exact) mass is 316 g/mol. The summed E-state index contributed by atoms with van der Waals surface area (Å²) in [6.07, 6.45) is 0. The Morgan fingerprint density at radius 1 is 1.17 bits per heavy atom. The Kier molecular flexibility index (Phi) is 5.21. The SMILES string of the molecule is CCOCN1C(C)=C(C)C(c2cccc([N+](=O)[O-])c2)C(C)=C1C. The fraction of sp³-hybridized carbons (Fsp3) is 0.444. The van der Waals surface area contributed by atoms with Gasteiger partial charge in [0.2, 0.25) is 0 Å². The van der Waals surface area contributed by atoms with Gasteiger partial charge in [-0.3, -0.25) is 10.1 Å². The summed E-state index contributed by atoms with van der Waals surface area (Å²) >= 11 is 0.